The molecule has 0 radical (unpaired) electrons. The van der Waals surface area contributed by atoms with Gasteiger partial charge in [-0.3, -0.25) is 4.57 Å². The zero-order valence-corrected chi connectivity index (χ0v) is 12.2. The lowest BCUT2D eigenvalue weighted by Gasteiger charge is -2.08. The van der Waals surface area contributed by atoms with Crippen molar-refractivity contribution in [1.82, 2.24) is 14.8 Å². The SMILES string of the molecule is NS(=O)(=O)c1nnc(-c2ccccc2Br)n1C1CC1. The Morgan fingerprint density at radius 1 is 1.26 bits per heavy atom. The molecule has 0 aliphatic heterocycles. The second-order valence-corrected chi connectivity index (χ2v) is 6.74. The number of rotatable bonds is 3. The van der Waals surface area contributed by atoms with Crippen LogP contribution in [0.3, 0.4) is 0 Å². The number of hydrogen-bond donors (Lipinski definition) is 1. The van der Waals surface area contributed by atoms with Crippen molar-refractivity contribution in [3.63, 3.8) is 0 Å². The van der Waals surface area contributed by atoms with Crippen molar-refractivity contribution in [2.45, 2.75) is 24.0 Å². The van der Waals surface area contributed by atoms with Crippen molar-refractivity contribution in [3.8, 4) is 11.4 Å². The Morgan fingerprint density at radius 2 is 1.95 bits per heavy atom. The van der Waals surface area contributed by atoms with Crippen LogP contribution >= 0.6 is 15.9 Å². The molecule has 1 aliphatic rings. The van der Waals surface area contributed by atoms with Gasteiger partial charge in [0.15, 0.2) is 5.82 Å². The van der Waals surface area contributed by atoms with E-state index in [0.29, 0.717) is 5.82 Å². The molecule has 19 heavy (non-hydrogen) atoms. The average molecular weight is 343 g/mol. The summed E-state index contributed by atoms with van der Waals surface area (Å²) < 4.78 is 25.6. The Morgan fingerprint density at radius 3 is 2.53 bits per heavy atom. The number of sulfonamides is 1. The van der Waals surface area contributed by atoms with Crippen LogP contribution in [-0.4, -0.2) is 23.2 Å². The first kappa shape index (κ1) is 12.8. The normalized spacial score (nSPS) is 15.7. The lowest BCUT2D eigenvalue weighted by Crippen LogP contribution is -2.18. The monoisotopic (exact) mass is 342 g/mol. The van der Waals surface area contributed by atoms with E-state index < -0.39 is 10.0 Å². The van der Waals surface area contributed by atoms with Gasteiger partial charge in [0.25, 0.3) is 15.2 Å². The summed E-state index contributed by atoms with van der Waals surface area (Å²) in [7, 11) is -3.86. The summed E-state index contributed by atoms with van der Waals surface area (Å²) in [4.78, 5) is 0. The third-order valence-corrected chi connectivity index (χ3v) is 4.42. The van der Waals surface area contributed by atoms with Crippen LogP contribution in [0, 0.1) is 0 Å². The van der Waals surface area contributed by atoms with E-state index in [4.69, 9.17) is 5.14 Å². The number of halogens is 1. The van der Waals surface area contributed by atoms with Gasteiger partial charge in [0.05, 0.1) is 0 Å². The fourth-order valence-corrected chi connectivity index (χ4v) is 3.09. The van der Waals surface area contributed by atoms with E-state index >= 15 is 0 Å². The molecule has 1 fully saturated rings. The molecule has 0 saturated heterocycles. The molecular formula is C11H11BrN4O2S. The Labute approximate surface area is 118 Å². The van der Waals surface area contributed by atoms with Crippen molar-refractivity contribution in [1.29, 1.82) is 0 Å². The molecule has 0 spiro atoms. The number of nitrogens with zero attached hydrogens (tertiary/aromatic N) is 3. The average Bonchev–Trinajstić information content (AvgIpc) is 3.07. The van der Waals surface area contributed by atoms with Gasteiger partial charge in [0, 0.05) is 16.1 Å². The van der Waals surface area contributed by atoms with Crippen molar-refractivity contribution < 1.29 is 8.42 Å². The molecule has 8 heteroatoms. The summed E-state index contributed by atoms with van der Waals surface area (Å²) in [6, 6.07) is 7.59. The Hall–Kier alpha value is -1.25. The van der Waals surface area contributed by atoms with E-state index in [0.717, 1.165) is 22.9 Å². The number of nitrogens with two attached hydrogens (primary N) is 1. The van der Waals surface area contributed by atoms with Gasteiger partial charge in [-0.1, -0.05) is 34.1 Å². The zero-order chi connectivity index (χ0) is 13.6. The molecule has 0 amide bonds. The van der Waals surface area contributed by atoms with Crippen molar-refractivity contribution in [3.05, 3.63) is 28.7 Å². The maximum atomic E-state index is 11.6. The molecule has 0 atom stereocenters. The van der Waals surface area contributed by atoms with Crippen molar-refractivity contribution in [2.75, 3.05) is 0 Å². The highest BCUT2D eigenvalue weighted by Gasteiger charge is 2.33. The van der Waals surface area contributed by atoms with Gasteiger partial charge in [-0.05, 0) is 18.9 Å². The molecule has 6 nitrogen and oxygen atoms in total. The van der Waals surface area contributed by atoms with Crippen LogP contribution in [0.15, 0.2) is 33.9 Å². The summed E-state index contributed by atoms with van der Waals surface area (Å²) in [6.07, 6.45) is 1.83. The Bertz CT molecular complexity index is 737. The summed E-state index contributed by atoms with van der Waals surface area (Å²) >= 11 is 3.43. The predicted molar refractivity (Wildman–Crippen MR) is 72.8 cm³/mol. The largest absolute Gasteiger partial charge is 0.294 e. The van der Waals surface area contributed by atoms with Crippen LogP contribution in [-0.2, 0) is 10.0 Å². The van der Waals surface area contributed by atoms with Crippen LogP contribution in [0.1, 0.15) is 18.9 Å². The van der Waals surface area contributed by atoms with Gasteiger partial charge in [0.1, 0.15) is 0 Å². The molecule has 100 valence electrons. The standard InChI is InChI=1S/C11H11BrN4O2S/c12-9-4-2-1-3-8(9)10-14-15-11(19(13,17)18)16(10)7-5-6-7/h1-4,7H,5-6H2,(H2,13,17,18). The fraction of sp³-hybridized carbons (Fsp3) is 0.273. The van der Waals surface area contributed by atoms with Crippen LogP contribution in [0.4, 0.5) is 0 Å². The predicted octanol–water partition coefficient (Wildman–Crippen LogP) is 1.69. The minimum atomic E-state index is -3.86. The Balaban J connectivity index is 2.24. The first-order valence-corrected chi connectivity index (χ1v) is 8.05. The molecule has 3 rings (SSSR count). The topological polar surface area (TPSA) is 90.9 Å². The maximum absolute atomic E-state index is 11.6. The summed E-state index contributed by atoms with van der Waals surface area (Å²) in [5, 5.41) is 12.8. The van der Waals surface area contributed by atoms with Crippen LogP contribution in [0.25, 0.3) is 11.4 Å². The second-order valence-electron chi connectivity index (χ2n) is 4.43. The molecule has 0 unspecified atom stereocenters. The van der Waals surface area contributed by atoms with Gasteiger partial charge < -0.3 is 0 Å². The minimum absolute atomic E-state index is 0.116. The molecule has 1 saturated carbocycles. The molecule has 1 aromatic carbocycles. The van der Waals surface area contributed by atoms with E-state index in [1.807, 2.05) is 24.3 Å². The zero-order valence-electron chi connectivity index (χ0n) is 9.82. The molecule has 1 aliphatic carbocycles. The number of aromatic nitrogens is 3. The minimum Gasteiger partial charge on any atom is -0.294 e. The molecule has 1 heterocycles. The second kappa shape index (κ2) is 4.39. The third-order valence-electron chi connectivity index (χ3n) is 2.95. The van der Waals surface area contributed by atoms with Gasteiger partial charge in [-0.2, -0.15) is 0 Å². The third kappa shape index (κ3) is 2.31. The van der Waals surface area contributed by atoms with E-state index in [-0.39, 0.29) is 11.2 Å². The van der Waals surface area contributed by atoms with Crippen molar-refractivity contribution >= 4 is 26.0 Å². The first-order chi connectivity index (χ1) is 8.98. The van der Waals surface area contributed by atoms with Gasteiger partial charge in [0.2, 0.25) is 0 Å². The quantitative estimate of drug-likeness (QED) is 0.918. The summed E-state index contributed by atoms with van der Waals surface area (Å²) in [6.45, 7) is 0. The van der Waals surface area contributed by atoms with E-state index in [1.54, 1.807) is 4.57 Å². The lowest BCUT2D eigenvalue weighted by molar-refractivity contribution is 0.567. The van der Waals surface area contributed by atoms with Gasteiger partial charge in [-0.15, -0.1) is 10.2 Å². The summed E-state index contributed by atoms with van der Waals surface area (Å²) in [5.41, 5.74) is 0.803. The highest BCUT2D eigenvalue weighted by atomic mass is 79.9. The van der Waals surface area contributed by atoms with Gasteiger partial charge >= 0.3 is 0 Å². The van der Waals surface area contributed by atoms with Crippen LogP contribution < -0.4 is 5.14 Å². The molecule has 1 aromatic heterocycles. The lowest BCUT2D eigenvalue weighted by atomic mass is 10.2. The van der Waals surface area contributed by atoms with E-state index in [1.165, 1.54) is 0 Å². The summed E-state index contributed by atoms with van der Waals surface area (Å²) in [5.74, 6) is 0.527. The van der Waals surface area contributed by atoms with Crippen molar-refractivity contribution in [2.24, 2.45) is 5.14 Å². The molecular weight excluding hydrogens is 332 g/mol. The van der Waals surface area contributed by atoms with Gasteiger partial charge in [-0.25, -0.2) is 13.6 Å². The van der Waals surface area contributed by atoms with Crippen LogP contribution in [0.5, 0.6) is 0 Å². The first-order valence-electron chi connectivity index (χ1n) is 5.71. The van der Waals surface area contributed by atoms with E-state index in [9.17, 15) is 8.42 Å². The molecule has 2 aromatic rings. The highest BCUT2D eigenvalue weighted by Crippen LogP contribution is 2.40. The highest BCUT2D eigenvalue weighted by molar-refractivity contribution is 9.10. The smallest absolute Gasteiger partial charge is 0.273 e. The Kier molecular flexibility index (Phi) is 2.95. The molecule has 2 N–H and O–H groups in total. The fourth-order valence-electron chi connectivity index (χ4n) is 1.96. The number of primary sulfonamides is 1. The molecule has 0 bridgehead atoms. The maximum Gasteiger partial charge on any atom is 0.273 e. The number of hydrogen-bond acceptors (Lipinski definition) is 4. The van der Waals surface area contributed by atoms with E-state index in [2.05, 4.69) is 26.1 Å². The number of benzene rings is 1. The van der Waals surface area contributed by atoms with Crippen LogP contribution in [0.2, 0.25) is 0 Å².